The second-order valence-electron chi connectivity index (χ2n) is 2.65. The number of hydrogen-bond donors (Lipinski definition) is 1. The van der Waals surface area contributed by atoms with Gasteiger partial charge in [-0.05, 0) is 18.2 Å². The number of halogens is 3. The molecule has 1 N–H and O–H groups in total. The monoisotopic (exact) mass is 236 g/mol. The zero-order chi connectivity index (χ0) is 11.4. The highest BCUT2D eigenvalue weighted by Gasteiger charge is 2.09. The first-order valence-corrected chi connectivity index (χ1v) is 4.32. The molecule has 1 rings (SSSR count). The number of carboxylic acid groups (broad SMARTS) is 1. The summed E-state index contributed by atoms with van der Waals surface area (Å²) in [6.07, 6.45) is -2.60. The first-order chi connectivity index (χ1) is 7.00. The van der Waals surface area contributed by atoms with Crippen LogP contribution in [0, 0.1) is 0 Å². The van der Waals surface area contributed by atoms with Crippen LogP contribution in [0.25, 0.3) is 0 Å². The van der Waals surface area contributed by atoms with Gasteiger partial charge in [-0.2, -0.15) is 0 Å². The zero-order valence-electron chi connectivity index (χ0n) is 7.41. The van der Waals surface area contributed by atoms with E-state index in [1.54, 1.807) is 0 Å². The number of carbonyl (C=O) groups is 1. The Morgan fingerprint density at radius 2 is 2.20 bits per heavy atom. The molecule has 0 heterocycles. The van der Waals surface area contributed by atoms with Crippen LogP contribution >= 0.6 is 11.6 Å². The average molecular weight is 237 g/mol. The minimum Gasteiger partial charge on any atom is -0.486 e. The highest BCUT2D eigenvalue weighted by molar-refractivity contribution is 6.32. The average Bonchev–Trinajstić information content (AvgIpc) is 2.15. The van der Waals surface area contributed by atoms with Crippen molar-refractivity contribution in [3.8, 4) is 5.75 Å². The molecular weight excluding hydrogens is 230 g/mol. The molecule has 0 unspecified atom stereocenters. The van der Waals surface area contributed by atoms with Gasteiger partial charge in [0.15, 0.2) is 0 Å². The normalized spacial score (nSPS) is 10.4. The van der Waals surface area contributed by atoms with Crippen molar-refractivity contribution in [2.24, 2.45) is 0 Å². The van der Waals surface area contributed by atoms with Gasteiger partial charge in [-0.25, -0.2) is 13.6 Å². The summed E-state index contributed by atoms with van der Waals surface area (Å²) in [5.41, 5.74) is -0.0237. The molecule has 6 heteroatoms. The summed E-state index contributed by atoms with van der Waals surface area (Å²) in [5, 5.41) is 8.59. The van der Waals surface area contributed by atoms with Crippen molar-refractivity contribution in [2.45, 2.75) is 6.43 Å². The molecular formula is C9H7ClF2O3. The Bertz CT molecular complexity index is 368. The van der Waals surface area contributed by atoms with Gasteiger partial charge in [-0.3, -0.25) is 0 Å². The fourth-order valence-corrected chi connectivity index (χ4v) is 1.14. The summed E-state index contributed by atoms with van der Waals surface area (Å²) in [6, 6.07) is 3.62. The van der Waals surface area contributed by atoms with Crippen LogP contribution in [0.4, 0.5) is 8.78 Å². The van der Waals surface area contributed by atoms with E-state index < -0.39 is 19.0 Å². The molecule has 0 spiro atoms. The summed E-state index contributed by atoms with van der Waals surface area (Å²) >= 11 is 5.62. The van der Waals surface area contributed by atoms with Crippen molar-refractivity contribution in [2.75, 3.05) is 6.61 Å². The van der Waals surface area contributed by atoms with Crippen LogP contribution in [0.15, 0.2) is 18.2 Å². The molecule has 0 saturated heterocycles. The molecule has 15 heavy (non-hydrogen) atoms. The molecule has 0 aliphatic heterocycles. The molecule has 1 aromatic carbocycles. The molecule has 1 aromatic rings. The van der Waals surface area contributed by atoms with E-state index in [0.717, 1.165) is 6.07 Å². The number of ether oxygens (including phenoxy) is 1. The fraction of sp³-hybridized carbons (Fsp3) is 0.222. The molecule has 0 aliphatic rings. The minimum absolute atomic E-state index is 0.00412. The van der Waals surface area contributed by atoms with E-state index >= 15 is 0 Å². The SMILES string of the molecule is O=C(O)c1ccc(OCC(F)F)c(Cl)c1. The van der Waals surface area contributed by atoms with Crippen LogP contribution < -0.4 is 4.74 Å². The van der Waals surface area contributed by atoms with Gasteiger partial charge in [0.2, 0.25) is 0 Å². The first-order valence-electron chi connectivity index (χ1n) is 3.94. The molecule has 82 valence electrons. The van der Waals surface area contributed by atoms with Crippen molar-refractivity contribution in [3.05, 3.63) is 28.8 Å². The second-order valence-corrected chi connectivity index (χ2v) is 3.06. The first kappa shape index (κ1) is 11.7. The van der Waals surface area contributed by atoms with Crippen LogP contribution in [0.2, 0.25) is 5.02 Å². The zero-order valence-corrected chi connectivity index (χ0v) is 8.17. The molecule has 0 saturated carbocycles. The van der Waals surface area contributed by atoms with Gasteiger partial charge in [0.25, 0.3) is 6.43 Å². The molecule has 0 aromatic heterocycles. The summed E-state index contributed by atoms with van der Waals surface area (Å²) in [5.74, 6) is -1.10. The van der Waals surface area contributed by atoms with Gasteiger partial charge in [0, 0.05) is 0 Å². The quantitative estimate of drug-likeness (QED) is 0.874. The molecule has 0 aliphatic carbocycles. The number of aromatic carboxylic acids is 1. The summed E-state index contributed by atoms with van der Waals surface area (Å²) in [4.78, 5) is 10.5. The Morgan fingerprint density at radius 1 is 1.53 bits per heavy atom. The lowest BCUT2D eigenvalue weighted by Crippen LogP contribution is -2.07. The van der Waals surface area contributed by atoms with Crippen molar-refractivity contribution in [3.63, 3.8) is 0 Å². The fourth-order valence-electron chi connectivity index (χ4n) is 0.904. The summed E-state index contributed by atoms with van der Waals surface area (Å²) in [7, 11) is 0. The minimum atomic E-state index is -2.60. The van der Waals surface area contributed by atoms with Gasteiger partial charge < -0.3 is 9.84 Å². The maximum Gasteiger partial charge on any atom is 0.335 e. The number of hydrogen-bond acceptors (Lipinski definition) is 2. The van der Waals surface area contributed by atoms with Gasteiger partial charge in [0.1, 0.15) is 12.4 Å². The Labute approximate surface area is 89.2 Å². The van der Waals surface area contributed by atoms with Crippen LogP contribution in [-0.4, -0.2) is 24.1 Å². The number of alkyl halides is 2. The number of rotatable bonds is 4. The second kappa shape index (κ2) is 4.93. The summed E-state index contributed by atoms with van der Waals surface area (Å²) in [6.45, 7) is -0.772. The standard InChI is InChI=1S/C9H7ClF2O3/c10-6-3-5(9(13)14)1-2-7(6)15-4-8(11)12/h1-3,8H,4H2,(H,13,14). The van der Waals surface area contributed by atoms with Crippen LogP contribution in [0.5, 0.6) is 5.75 Å². The molecule has 3 nitrogen and oxygen atoms in total. The molecule has 0 fully saturated rings. The van der Waals surface area contributed by atoms with Crippen molar-refractivity contribution < 1.29 is 23.4 Å². The van der Waals surface area contributed by atoms with Crippen LogP contribution in [0.1, 0.15) is 10.4 Å². The number of carboxylic acids is 1. The Kier molecular flexibility index (Phi) is 3.85. The van der Waals surface area contributed by atoms with Gasteiger partial charge >= 0.3 is 5.97 Å². The van der Waals surface area contributed by atoms with E-state index in [4.69, 9.17) is 16.7 Å². The van der Waals surface area contributed by atoms with Crippen LogP contribution in [-0.2, 0) is 0 Å². The highest BCUT2D eigenvalue weighted by atomic mass is 35.5. The van der Waals surface area contributed by atoms with Crippen molar-refractivity contribution >= 4 is 17.6 Å². The largest absolute Gasteiger partial charge is 0.486 e. The van der Waals surface area contributed by atoms with E-state index in [2.05, 4.69) is 4.74 Å². The van der Waals surface area contributed by atoms with E-state index in [-0.39, 0.29) is 16.3 Å². The van der Waals surface area contributed by atoms with E-state index in [0.29, 0.717) is 0 Å². The summed E-state index contributed by atoms with van der Waals surface area (Å²) < 4.78 is 28.3. The maximum absolute atomic E-state index is 11.8. The predicted molar refractivity (Wildman–Crippen MR) is 49.9 cm³/mol. The number of benzene rings is 1. The molecule has 0 bridgehead atoms. The molecule has 0 atom stereocenters. The lowest BCUT2D eigenvalue weighted by molar-refractivity contribution is 0.0695. The Hall–Kier alpha value is -1.36. The predicted octanol–water partition coefficient (Wildman–Crippen LogP) is 2.68. The third kappa shape index (κ3) is 3.36. The van der Waals surface area contributed by atoms with Gasteiger partial charge in [-0.15, -0.1) is 0 Å². The Balaban J connectivity index is 2.79. The van der Waals surface area contributed by atoms with Crippen LogP contribution in [0.3, 0.4) is 0 Å². The lowest BCUT2D eigenvalue weighted by Gasteiger charge is -2.07. The third-order valence-electron chi connectivity index (χ3n) is 1.54. The third-order valence-corrected chi connectivity index (χ3v) is 1.84. The van der Waals surface area contributed by atoms with E-state index in [1.165, 1.54) is 12.1 Å². The van der Waals surface area contributed by atoms with Crippen molar-refractivity contribution in [1.82, 2.24) is 0 Å². The van der Waals surface area contributed by atoms with Gasteiger partial charge in [0.05, 0.1) is 10.6 Å². The lowest BCUT2D eigenvalue weighted by atomic mass is 10.2. The van der Waals surface area contributed by atoms with Crippen molar-refractivity contribution in [1.29, 1.82) is 0 Å². The van der Waals surface area contributed by atoms with E-state index in [1.807, 2.05) is 0 Å². The molecule has 0 radical (unpaired) electrons. The Morgan fingerprint density at radius 3 is 2.67 bits per heavy atom. The van der Waals surface area contributed by atoms with E-state index in [9.17, 15) is 13.6 Å². The smallest absolute Gasteiger partial charge is 0.335 e. The topological polar surface area (TPSA) is 46.5 Å². The highest BCUT2D eigenvalue weighted by Crippen LogP contribution is 2.25. The maximum atomic E-state index is 11.8. The molecule has 0 amide bonds. The van der Waals surface area contributed by atoms with Gasteiger partial charge in [-0.1, -0.05) is 11.6 Å².